The van der Waals surface area contributed by atoms with Crippen molar-refractivity contribution in [2.45, 2.75) is 26.2 Å². The maximum atomic E-state index is 12.3. The van der Waals surface area contributed by atoms with Crippen LogP contribution in [0.25, 0.3) is 0 Å². The van der Waals surface area contributed by atoms with Crippen LogP contribution < -0.4 is 4.74 Å². The van der Waals surface area contributed by atoms with Crippen molar-refractivity contribution in [3.63, 3.8) is 0 Å². The Hall–Kier alpha value is -1.63. The van der Waals surface area contributed by atoms with Gasteiger partial charge >= 0.3 is 0 Å². The van der Waals surface area contributed by atoms with Crippen molar-refractivity contribution in [2.24, 2.45) is 11.8 Å². The molecular formula is C17H25NO5. The molecule has 6 nitrogen and oxygen atoms in total. The van der Waals surface area contributed by atoms with Gasteiger partial charge in [0.05, 0.1) is 32.8 Å². The Kier molecular flexibility index (Phi) is 5.98. The van der Waals surface area contributed by atoms with Gasteiger partial charge in [-0.2, -0.15) is 0 Å². The molecular weight excluding hydrogens is 298 g/mol. The van der Waals surface area contributed by atoms with Gasteiger partial charge in [-0.1, -0.05) is 26.0 Å². The zero-order valence-electron chi connectivity index (χ0n) is 14.3. The molecule has 1 heterocycles. The number of carbonyl (C=O) groups is 1. The average molecular weight is 323 g/mol. The van der Waals surface area contributed by atoms with Gasteiger partial charge in [0.2, 0.25) is 0 Å². The smallest absolute Gasteiger partial charge is 0.251 e. The summed E-state index contributed by atoms with van der Waals surface area (Å²) < 4.78 is 17.0. The highest BCUT2D eigenvalue weighted by atomic mass is 16.7. The molecule has 1 saturated heterocycles. The van der Waals surface area contributed by atoms with Gasteiger partial charge in [0.25, 0.3) is 5.91 Å². The number of hydroxylamine groups is 2. The van der Waals surface area contributed by atoms with Crippen molar-refractivity contribution in [3.05, 3.63) is 29.8 Å². The Bertz CT molecular complexity index is 518. The maximum Gasteiger partial charge on any atom is 0.251 e. The third-order valence-corrected chi connectivity index (χ3v) is 4.21. The maximum absolute atomic E-state index is 12.3. The lowest BCUT2D eigenvalue weighted by atomic mass is 9.92. The van der Waals surface area contributed by atoms with E-state index < -0.39 is 6.29 Å². The van der Waals surface area contributed by atoms with Crippen molar-refractivity contribution < 1.29 is 23.8 Å². The fourth-order valence-electron chi connectivity index (χ4n) is 2.71. The summed E-state index contributed by atoms with van der Waals surface area (Å²) in [6.45, 7) is 4.41. The zero-order valence-corrected chi connectivity index (χ0v) is 14.3. The van der Waals surface area contributed by atoms with E-state index in [0.717, 1.165) is 11.3 Å². The lowest BCUT2D eigenvalue weighted by Gasteiger charge is -2.38. The Balaban J connectivity index is 2.10. The summed E-state index contributed by atoms with van der Waals surface area (Å²) in [7, 11) is 4.70. The first-order valence-corrected chi connectivity index (χ1v) is 7.70. The van der Waals surface area contributed by atoms with E-state index in [1.54, 1.807) is 14.2 Å². The zero-order chi connectivity index (χ0) is 17.0. The van der Waals surface area contributed by atoms with Gasteiger partial charge < -0.3 is 14.2 Å². The highest BCUT2D eigenvalue weighted by molar-refractivity contribution is 5.77. The van der Waals surface area contributed by atoms with Crippen LogP contribution in [0.2, 0.25) is 0 Å². The fourth-order valence-corrected chi connectivity index (χ4v) is 2.71. The molecule has 0 N–H and O–H groups in total. The van der Waals surface area contributed by atoms with Crippen molar-refractivity contribution in [1.82, 2.24) is 5.06 Å². The molecule has 0 spiro atoms. The summed E-state index contributed by atoms with van der Waals surface area (Å²) in [6.07, 6.45) is -0.717. The molecule has 1 amide bonds. The minimum Gasteiger partial charge on any atom is -0.497 e. The number of hydrogen-bond donors (Lipinski definition) is 0. The molecule has 1 fully saturated rings. The van der Waals surface area contributed by atoms with Crippen molar-refractivity contribution >= 4 is 5.91 Å². The number of nitrogens with zero attached hydrogens (tertiary/aromatic N) is 1. The Morgan fingerprint density at radius 2 is 1.96 bits per heavy atom. The Morgan fingerprint density at radius 1 is 1.30 bits per heavy atom. The average Bonchev–Trinajstić information content (AvgIpc) is 2.60. The van der Waals surface area contributed by atoms with Crippen molar-refractivity contribution in [3.8, 4) is 5.75 Å². The van der Waals surface area contributed by atoms with Crippen LogP contribution in [0.15, 0.2) is 24.3 Å². The number of rotatable bonds is 5. The molecule has 0 radical (unpaired) electrons. The highest BCUT2D eigenvalue weighted by Gasteiger charge is 2.37. The number of hydrogen-bond acceptors (Lipinski definition) is 5. The quantitative estimate of drug-likeness (QED) is 0.779. The van der Waals surface area contributed by atoms with E-state index in [2.05, 4.69) is 0 Å². The van der Waals surface area contributed by atoms with Crippen LogP contribution in [-0.2, 0) is 19.1 Å². The molecule has 0 aliphatic carbocycles. The summed E-state index contributed by atoms with van der Waals surface area (Å²) in [5, 5.41) is 1.23. The van der Waals surface area contributed by atoms with E-state index in [1.165, 1.54) is 12.2 Å². The molecule has 23 heavy (non-hydrogen) atoms. The molecule has 2 rings (SSSR count). The van der Waals surface area contributed by atoms with Crippen LogP contribution in [0.1, 0.15) is 25.7 Å². The lowest BCUT2D eigenvalue weighted by molar-refractivity contribution is -0.252. The van der Waals surface area contributed by atoms with E-state index in [1.807, 2.05) is 38.1 Å². The molecule has 0 unspecified atom stereocenters. The van der Waals surface area contributed by atoms with Gasteiger partial charge in [0.1, 0.15) is 5.75 Å². The number of carbonyl (C=O) groups excluding carboxylic acids is 1. The minimum absolute atomic E-state index is 0.111. The largest absolute Gasteiger partial charge is 0.497 e. The molecule has 1 aromatic carbocycles. The van der Waals surface area contributed by atoms with Crippen LogP contribution >= 0.6 is 0 Å². The second-order valence-corrected chi connectivity index (χ2v) is 5.82. The molecule has 128 valence electrons. The van der Waals surface area contributed by atoms with Gasteiger partial charge in [-0.15, -0.1) is 0 Å². The first kappa shape index (κ1) is 17.7. The third kappa shape index (κ3) is 4.02. The van der Waals surface area contributed by atoms with Crippen LogP contribution in [0.3, 0.4) is 0 Å². The van der Waals surface area contributed by atoms with Crippen LogP contribution in [0, 0.1) is 11.8 Å². The molecule has 6 heteroatoms. The van der Waals surface area contributed by atoms with Gasteiger partial charge in [-0.05, 0) is 12.1 Å². The van der Waals surface area contributed by atoms with Crippen LogP contribution in [-0.4, -0.2) is 44.9 Å². The van der Waals surface area contributed by atoms with E-state index in [-0.39, 0.29) is 23.8 Å². The molecule has 0 bridgehead atoms. The van der Waals surface area contributed by atoms with E-state index in [4.69, 9.17) is 19.0 Å². The number of benzene rings is 1. The molecule has 4 atom stereocenters. The predicted octanol–water partition coefficient (Wildman–Crippen LogP) is 2.40. The molecule has 1 aliphatic rings. The fraction of sp³-hybridized carbons (Fsp3) is 0.588. The summed E-state index contributed by atoms with van der Waals surface area (Å²) in [4.78, 5) is 17.3. The van der Waals surface area contributed by atoms with Crippen molar-refractivity contribution in [2.75, 3.05) is 27.9 Å². The van der Waals surface area contributed by atoms with Crippen molar-refractivity contribution in [1.29, 1.82) is 0 Å². The number of ether oxygens (including phenoxy) is 3. The first-order chi connectivity index (χ1) is 11.0. The highest BCUT2D eigenvalue weighted by Crippen LogP contribution is 2.33. The topological polar surface area (TPSA) is 57.2 Å². The van der Waals surface area contributed by atoms with E-state index >= 15 is 0 Å². The van der Waals surface area contributed by atoms with Crippen LogP contribution in [0.5, 0.6) is 5.75 Å². The van der Waals surface area contributed by atoms with E-state index in [0.29, 0.717) is 6.61 Å². The normalized spacial score (nSPS) is 25.7. The second kappa shape index (κ2) is 7.77. The molecule has 1 aromatic rings. The SMILES string of the molecule is COc1ccc([C@H]2OC[C@H](C)[C@@H]([C@@H](C)C(=O)N(C)OC)O2)cc1. The van der Waals surface area contributed by atoms with Gasteiger partial charge in [-0.3, -0.25) is 9.63 Å². The molecule has 0 aromatic heterocycles. The summed E-state index contributed by atoms with van der Waals surface area (Å²) in [5.41, 5.74) is 0.905. The Morgan fingerprint density at radius 3 is 2.52 bits per heavy atom. The predicted molar refractivity (Wildman–Crippen MR) is 84.7 cm³/mol. The standard InChI is InChI=1S/C17H25NO5/c1-11-10-22-17(13-6-8-14(20-4)9-7-13)23-15(11)12(2)16(19)18(3)21-5/h6-9,11-12,15,17H,10H2,1-5H3/t11-,12+,15-,17-/m0/s1. The second-order valence-electron chi connectivity index (χ2n) is 5.82. The summed E-state index contributed by atoms with van der Waals surface area (Å²) in [6, 6.07) is 7.54. The van der Waals surface area contributed by atoms with Crippen LogP contribution in [0.4, 0.5) is 0 Å². The third-order valence-electron chi connectivity index (χ3n) is 4.21. The van der Waals surface area contributed by atoms with Gasteiger partial charge in [-0.25, -0.2) is 5.06 Å². The summed E-state index contributed by atoms with van der Waals surface area (Å²) in [5.74, 6) is 0.466. The van der Waals surface area contributed by atoms with Gasteiger partial charge in [0, 0.05) is 18.5 Å². The Labute approximate surface area is 137 Å². The number of methoxy groups -OCH3 is 1. The molecule has 1 aliphatic heterocycles. The monoisotopic (exact) mass is 323 g/mol. The summed E-state index contributed by atoms with van der Waals surface area (Å²) >= 11 is 0. The lowest BCUT2D eigenvalue weighted by Crippen LogP contribution is -2.45. The molecule has 0 saturated carbocycles. The van der Waals surface area contributed by atoms with Gasteiger partial charge in [0.15, 0.2) is 6.29 Å². The number of amides is 1. The first-order valence-electron chi connectivity index (χ1n) is 7.70. The minimum atomic E-state index is -0.481. The van der Waals surface area contributed by atoms with E-state index in [9.17, 15) is 4.79 Å².